The van der Waals surface area contributed by atoms with Crippen molar-refractivity contribution >= 4 is 23.6 Å². The molecule has 114 valence electrons. The van der Waals surface area contributed by atoms with Gasteiger partial charge in [-0.1, -0.05) is 12.1 Å². The van der Waals surface area contributed by atoms with Gasteiger partial charge in [0.2, 0.25) is 5.91 Å². The van der Waals surface area contributed by atoms with Crippen LogP contribution in [0.1, 0.15) is 12.0 Å². The molecule has 1 unspecified atom stereocenters. The van der Waals surface area contributed by atoms with Gasteiger partial charge >= 0.3 is 5.97 Å². The minimum atomic E-state index is -0.860. The van der Waals surface area contributed by atoms with Crippen LogP contribution in [0.5, 0.6) is 5.75 Å². The minimum Gasteiger partial charge on any atom is -0.497 e. The van der Waals surface area contributed by atoms with Gasteiger partial charge < -0.3 is 14.7 Å². The maximum Gasteiger partial charge on any atom is 0.305 e. The van der Waals surface area contributed by atoms with Gasteiger partial charge in [0, 0.05) is 18.1 Å². The van der Waals surface area contributed by atoms with E-state index in [0.29, 0.717) is 12.3 Å². The van der Waals surface area contributed by atoms with E-state index in [9.17, 15) is 9.59 Å². The fourth-order valence-corrected chi connectivity index (χ4v) is 3.47. The van der Waals surface area contributed by atoms with Gasteiger partial charge in [0.1, 0.15) is 5.75 Å². The molecule has 1 amide bonds. The van der Waals surface area contributed by atoms with E-state index in [1.165, 1.54) is 0 Å². The Hall–Kier alpha value is -1.69. The molecule has 1 N–H and O–H groups in total. The predicted octanol–water partition coefficient (Wildman–Crippen LogP) is 1.66. The van der Waals surface area contributed by atoms with E-state index in [-0.39, 0.29) is 24.8 Å². The first-order chi connectivity index (χ1) is 10.1. The first-order valence-electron chi connectivity index (χ1n) is 6.82. The fraction of sp³-hybridized carbons (Fsp3) is 0.467. The topological polar surface area (TPSA) is 66.8 Å². The Morgan fingerprint density at radius 3 is 3.00 bits per heavy atom. The Morgan fingerprint density at radius 2 is 2.29 bits per heavy atom. The summed E-state index contributed by atoms with van der Waals surface area (Å²) in [7, 11) is 1.59. The first-order valence-corrected chi connectivity index (χ1v) is 7.97. The second-order valence-electron chi connectivity index (χ2n) is 4.94. The summed E-state index contributed by atoms with van der Waals surface area (Å²) in [5.74, 6) is 1.39. The summed E-state index contributed by atoms with van der Waals surface area (Å²) in [6.45, 7) is 0.616. The SMILES string of the molecule is COc1cccc(CC(=O)N2CCSCC2CC(=O)O)c1. The number of carboxylic acids is 1. The number of aliphatic carboxylic acids is 1. The summed E-state index contributed by atoms with van der Waals surface area (Å²) in [6, 6.07) is 7.19. The third kappa shape index (κ3) is 4.39. The predicted molar refractivity (Wildman–Crippen MR) is 81.8 cm³/mol. The number of carbonyl (C=O) groups is 2. The van der Waals surface area contributed by atoms with Gasteiger partial charge in [0.25, 0.3) is 0 Å². The highest BCUT2D eigenvalue weighted by Crippen LogP contribution is 2.21. The number of ether oxygens (including phenoxy) is 1. The molecule has 0 radical (unpaired) electrons. The number of hydrogen-bond donors (Lipinski definition) is 1. The van der Waals surface area contributed by atoms with Crippen LogP contribution in [-0.2, 0) is 16.0 Å². The average Bonchev–Trinajstić information content (AvgIpc) is 2.47. The molecule has 0 bridgehead atoms. The summed E-state index contributed by atoms with van der Waals surface area (Å²) < 4.78 is 5.15. The second kappa shape index (κ2) is 7.36. The molecule has 1 aliphatic heterocycles. The molecule has 1 fully saturated rings. The Balaban J connectivity index is 2.04. The van der Waals surface area contributed by atoms with E-state index in [2.05, 4.69) is 0 Å². The Bertz CT molecular complexity index is 520. The monoisotopic (exact) mass is 309 g/mol. The van der Waals surface area contributed by atoms with Gasteiger partial charge in [-0.3, -0.25) is 9.59 Å². The minimum absolute atomic E-state index is 0.0108. The smallest absolute Gasteiger partial charge is 0.305 e. The number of carboxylic acid groups (broad SMARTS) is 1. The van der Waals surface area contributed by atoms with Crippen molar-refractivity contribution in [3.05, 3.63) is 29.8 Å². The maximum absolute atomic E-state index is 12.4. The molecule has 21 heavy (non-hydrogen) atoms. The standard InChI is InChI=1S/C15H19NO4S/c1-20-13-4-2-3-11(7-13)8-14(17)16-5-6-21-10-12(16)9-15(18)19/h2-4,7,12H,5-6,8-10H2,1H3,(H,18,19). The van der Waals surface area contributed by atoms with Crippen LogP contribution in [-0.4, -0.2) is 53.1 Å². The highest BCUT2D eigenvalue weighted by molar-refractivity contribution is 7.99. The number of benzene rings is 1. The van der Waals surface area contributed by atoms with Crippen molar-refractivity contribution < 1.29 is 19.4 Å². The molecular weight excluding hydrogens is 290 g/mol. The van der Waals surface area contributed by atoms with Gasteiger partial charge in [-0.15, -0.1) is 0 Å². The van der Waals surface area contributed by atoms with Crippen LogP contribution in [0.2, 0.25) is 0 Å². The Kier molecular flexibility index (Phi) is 5.50. The van der Waals surface area contributed by atoms with Gasteiger partial charge in [-0.2, -0.15) is 11.8 Å². The van der Waals surface area contributed by atoms with Crippen LogP contribution in [0.3, 0.4) is 0 Å². The van der Waals surface area contributed by atoms with Crippen LogP contribution in [0.25, 0.3) is 0 Å². The van der Waals surface area contributed by atoms with Crippen LogP contribution >= 0.6 is 11.8 Å². The van der Waals surface area contributed by atoms with Crippen molar-refractivity contribution in [1.29, 1.82) is 0 Å². The van der Waals surface area contributed by atoms with Crippen molar-refractivity contribution in [2.24, 2.45) is 0 Å². The summed E-state index contributed by atoms with van der Waals surface area (Å²) in [5, 5.41) is 8.96. The third-order valence-corrected chi connectivity index (χ3v) is 4.54. The largest absolute Gasteiger partial charge is 0.497 e. The van der Waals surface area contributed by atoms with Crippen molar-refractivity contribution in [3.8, 4) is 5.75 Å². The lowest BCUT2D eigenvalue weighted by Gasteiger charge is -2.34. The van der Waals surface area contributed by atoms with E-state index in [4.69, 9.17) is 9.84 Å². The lowest BCUT2D eigenvalue weighted by atomic mass is 10.1. The van der Waals surface area contributed by atoms with Crippen molar-refractivity contribution in [2.75, 3.05) is 25.2 Å². The average molecular weight is 309 g/mol. The Labute approximate surface area is 128 Å². The molecule has 1 aromatic carbocycles. The Morgan fingerprint density at radius 1 is 1.48 bits per heavy atom. The summed E-state index contributed by atoms with van der Waals surface area (Å²) in [4.78, 5) is 25.1. The maximum atomic E-state index is 12.4. The van der Waals surface area contributed by atoms with E-state index in [1.807, 2.05) is 24.3 Å². The van der Waals surface area contributed by atoms with Crippen molar-refractivity contribution in [3.63, 3.8) is 0 Å². The molecule has 1 aliphatic rings. The number of rotatable bonds is 5. The molecule has 1 heterocycles. The number of nitrogens with zero attached hydrogens (tertiary/aromatic N) is 1. The molecule has 1 saturated heterocycles. The van der Waals surface area contributed by atoms with Crippen molar-refractivity contribution in [2.45, 2.75) is 18.9 Å². The number of methoxy groups -OCH3 is 1. The van der Waals surface area contributed by atoms with E-state index in [1.54, 1.807) is 23.8 Å². The molecule has 0 aliphatic carbocycles. The van der Waals surface area contributed by atoms with Gasteiger partial charge in [0.15, 0.2) is 0 Å². The third-order valence-electron chi connectivity index (χ3n) is 3.45. The highest BCUT2D eigenvalue weighted by atomic mass is 32.2. The van der Waals surface area contributed by atoms with E-state index in [0.717, 1.165) is 17.1 Å². The van der Waals surface area contributed by atoms with Crippen LogP contribution < -0.4 is 4.74 Å². The molecule has 1 aromatic rings. The summed E-state index contributed by atoms with van der Waals surface area (Å²) >= 11 is 1.70. The molecule has 0 saturated carbocycles. The number of carbonyl (C=O) groups excluding carboxylic acids is 1. The van der Waals surface area contributed by atoms with Crippen LogP contribution in [0, 0.1) is 0 Å². The molecule has 0 spiro atoms. The molecule has 1 atom stereocenters. The van der Waals surface area contributed by atoms with Crippen LogP contribution in [0.4, 0.5) is 0 Å². The lowest BCUT2D eigenvalue weighted by Crippen LogP contribution is -2.47. The van der Waals surface area contributed by atoms with Crippen LogP contribution in [0.15, 0.2) is 24.3 Å². The normalized spacial score (nSPS) is 18.3. The van der Waals surface area contributed by atoms with Gasteiger partial charge in [-0.25, -0.2) is 0 Å². The quantitative estimate of drug-likeness (QED) is 0.896. The molecular formula is C15H19NO4S. The second-order valence-corrected chi connectivity index (χ2v) is 6.09. The highest BCUT2D eigenvalue weighted by Gasteiger charge is 2.28. The first kappa shape index (κ1) is 15.7. The number of hydrogen-bond acceptors (Lipinski definition) is 4. The zero-order valence-electron chi connectivity index (χ0n) is 11.9. The fourth-order valence-electron chi connectivity index (χ4n) is 2.41. The summed E-state index contributed by atoms with van der Waals surface area (Å²) in [6.07, 6.45) is 0.287. The number of amides is 1. The van der Waals surface area contributed by atoms with Gasteiger partial charge in [-0.05, 0) is 17.7 Å². The zero-order valence-corrected chi connectivity index (χ0v) is 12.8. The lowest BCUT2D eigenvalue weighted by molar-refractivity contribution is -0.140. The van der Waals surface area contributed by atoms with E-state index < -0.39 is 5.97 Å². The molecule has 2 rings (SSSR count). The zero-order chi connectivity index (χ0) is 15.2. The van der Waals surface area contributed by atoms with E-state index >= 15 is 0 Å². The molecule has 5 nitrogen and oxygen atoms in total. The van der Waals surface area contributed by atoms with Crippen molar-refractivity contribution in [1.82, 2.24) is 4.90 Å². The number of thioether (sulfide) groups is 1. The molecule has 6 heteroatoms. The summed E-state index contributed by atoms with van der Waals surface area (Å²) in [5.41, 5.74) is 0.881. The van der Waals surface area contributed by atoms with Gasteiger partial charge in [0.05, 0.1) is 26.0 Å². The molecule has 0 aromatic heterocycles.